The Morgan fingerprint density at radius 3 is 2.39 bits per heavy atom. The maximum absolute atomic E-state index is 10.7. The Labute approximate surface area is 113 Å². The van der Waals surface area contributed by atoms with Crippen molar-refractivity contribution < 1.29 is 5.11 Å². The van der Waals surface area contributed by atoms with E-state index in [0.717, 1.165) is 30.0 Å². The summed E-state index contributed by atoms with van der Waals surface area (Å²) in [6.45, 7) is 2.03. The fraction of sp³-hybridized carbons (Fsp3) is 0.800. The van der Waals surface area contributed by atoms with Crippen LogP contribution in [-0.4, -0.2) is 15.7 Å². The van der Waals surface area contributed by atoms with Gasteiger partial charge < -0.3 is 5.11 Å². The van der Waals surface area contributed by atoms with Crippen LogP contribution in [-0.2, 0) is 6.42 Å². The molecule has 2 aliphatic carbocycles. The fourth-order valence-corrected chi connectivity index (χ4v) is 4.72. The summed E-state index contributed by atoms with van der Waals surface area (Å²) in [5.41, 5.74) is 1.21. The Morgan fingerprint density at radius 2 is 1.83 bits per heavy atom. The van der Waals surface area contributed by atoms with Gasteiger partial charge in [0.15, 0.2) is 0 Å². The van der Waals surface area contributed by atoms with Gasteiger partial charge in [-0.2, -0.15) is 0 Å². The van der Waals surface area contributed by atoms with Crippen molar-refractivity contribution in [3.05, 3.63) is 16.1 Å². The Balaban J connectivity index is 1.63. The number of hydrogen-bond acceptors (Lipinski definition) is 3. The Hall–Kier alpha value is -0.410. The summed E-state index contributed by atoms with van der Waals surface area (Å²) < 4.78 is 0. The first-order valence-corrected chi connectivity index (χ1v) is 8.11. The van der Waals surface area contributed by atoms with Gasteiger partial charge in [-0.25, -0.2) is 4.98 Å². The normalized spacial score (nSPS) is 25.7. The standard InChI is InChI=1S/C15H23NOS/c1-12-11-18-13(16-12)10-15(17)8-6-14(7-9-15)4-2-3-5-14/h11,17H,2-10H2,1H3. The summed E-state index contributed by atoms with van der Waals surface area (Å²) >= 11 is 1.69. The molecule has 1 aromatic heterocycles. The van der Waals surface area contributed by atoms with Gasteiger partial charge in [0.05, 0.1) is 10.6 Å². The molecule has 0 radical (unpaired) electrons. The largest absolute Gasteiger partial charge is 0.389 e. The molecular formula is C15H23NOS. The van der Waals surface area contributed by atoms with E-state index in [-0.39, 0.29) is 0 Å². The zero-order valence-electron chi connectivity index (χ0n) is 11.2. The minimum absolute atomic E-state index is 0.474. The van der Waals surface area contributed by atoms with Crippen molar-refractivity contribution in [2.45, 2.75) is 70.3 Å². The van der Waals surface area contributed by atoms with Crippen LogP contribution in [0.15, 0.2) is 5.38 Å². The second-order valence-electron chi connectivity index (χ2n) is 6.49. The van der Waals surface area contributed by atoms with Crippen LogP contribution < -0.4 is 0 Å². The lowest BCUT2D eigenvalue weighted by Crippen LogP contribution is -2.39. The molecular weight excluding hydrogens is 242 g/mol. The lowest BCUT2D eigenvalue weighted by atomic mass is 9.67. The van der Waals surface area contributed by atoms with E-state index in [1.54, 1.807) is 11.3 Å². The van der Waals surface area contributed by atoms with Gasteiger partial charge in [0.1, 0.15) is 0 Å². The van der Waals surface area contributed by atoms with Gasteiger partial charge in [-0.05, 0) is 50.9 Å². The molecule has 2 aliphatic rings. The van der Waals surface area contributed by atoms with Crippen LogP contribution in [0.4, 0.5) is 0 Å². The number of thiazole rings is 1. The molecule has 1 heterocycles. The van der Waals surface area contributed by atoms with Gasteiger partial charge in [-0.15, -0.1) is 11.3 Å². The van der Waals surface area contributed by atoms with Gasteiger partial charge in [-0.1, -0.05) is 12.8 Å². The first kappa shape index (κ1) is 12.6. The highest BCUT2D eigenvalue weighted by molar-refractivity contribution is 7.09. The van der Waals surface area contributed by atoms with E-state index in [9.17, 15) is 5.11 Å². The summed E-state index contributed by atoms with van der Waals surface area (Å²) in [6, 6.07) is 0. The van der Waals surface area contributed by atoms with Crippen LogP contribution in [0.5, 0.6) is 0 Å². The van der Waals surface area contributed by atoms with Gasteiger partial charge >= 0.3 is 0 Å². The molecule has 0 unspecified atom stereocenters. The van der Waals surface area contributed by atoms with E-state index in [0.29, 0.717) is 5.41 Å². The Morgan fingerprint density at radius 1 is 1.17 bits per heavy atom. The molecule has 1 aromatic rings. The third-order valence-electron chi connectivity index (χ3n) is 5.05. The molecule has 2 saturated carbocycles. The number of aryl methyl sites for hydroxylation is 1. The van der Waals surface area contributed by atoms with E-state index in [2.05, 4.69) is 10.4 Å². The van der Waals surface area contributed by atoms with Crippen LogP contribution >= 0.6 is 11.3 Å². The van der Waals surface area contributed by atoms with Gasteiger partial charge in [0.25, 0.3) is 0 Å². The zero-order chi connectivity index (χ0) is 12.6. The smallest absolute Gasteiger partial charge is 0.0956 e. The lowest BCUT2D eigenvalue weighted by molar-refractivity contribution is -0.0322. The summed E-state index contributed by atoms with van der Waals surface area (Å²) in [7, 11) is 0. The van der Waals surface area contributed by atoms with Crippen molar-refractivity contribution in [2.75, 3.05) is 0 Å². The van der Waals surface area contributed by atoms with Crippen molar-refractivity contribution in [1.82, 2.24) is 4.98 Å². The van der Waals surface area contributed by atoms with Crippen molar-refractivity contribution in [2.24, 2.45) is 5.41 Å². The minimum atomic E-state index is -0.474. The molecule has 0 aromatic carbocycles. The van der Waals surface area contributed by atoms with Crippen molar-refractivity contribution >= 4 is 11.3 Å². The number of aliphatic hydroxyl groups is 1. The number of hydrogen-bond donors (Lipinski definition) is 1. The average molecular weight is 265 g/mol. The highest BCUT2D eigenvalue weighted by atomic mass is 32.1. The molecule has 1 N–H and O–H groups in total. The lowest BCUT2D eigenvalue weighted by Gasteiger charge is -2.42. The van der Waals surface area contributed by atoms with Gasteiger partial charge in [-0.3, -0.25) is 0 Å². The maximum atomic E-state index is 10.7. The molecule has 0 atom stereocenters. The van der Waals surface area contributed by atoms with Crippen LogP contribution in [0.1, 0.15) is 62.1 Å². The molecule has 100 valence electrons. The summed E-state index contributed by atoms with van der Waals surface area (Å²) in [6.07, 6.45) is 10.8. The predicted octanol–water partition coefficient (Wildman–Crippen LogP) is 3.86. The van der Waals surface area contributed by atoms with Crippen LogP contribution in [0.25, 0.3) is 0 Å². The fourth-order valence-electron chi connectivity index (χ4n) is 3.81. The topological polar surface area (TPSA) is 33.1 Å². The first-order chi connectivity index (χ1) is 8.59. The highest BCUT2D eigenvalue weighted by Gasteiger charge is 2.43. The SMILES string of the molecule is Cc1csc(CC2(O)CCC3(CCCC3)CC2)n1. The monoisotopic (exact) mass is 265 g/mol. The Kier molecular flexibility index (Phi) is 3.23. The number of aromatic nitrogens is 1. The summed E-state index contributed by atoms with van der Waals surface area (Å²) in [4.78, 5) is 4.50. The van der Waals surface area contributed by atoms with Gasteiger partial charge in [0, 0.05) is 17.5 Å². The summed E-state index contributed by atoms with van der Waals surface area (Å²) in [5, 5.41) is 13.9. The average Bonchev–Trinajstić information content (AvgIpc) is 2.94. The van der Waals surface area contributed by atoms with Crippen LogP contribution in [0.3, 0.4) is 0 Å². The van der Waals surface area contributed by atoms with Crippen molar-refractivity contribution in [3.63, 3.8) is 0 Å². The molecule has 2 fully saturated rings. The number of rotatable bonds is 2. The van der Waals surface area contributed by atoms with E-state index in [1.807, 2.05) is 6.92 Å². The second-order valence-corrected chi connectivity index (χ2v) is 7.43. The van der Waals surface area contributed by atoms with Crippen LogP contribution in [0, 0.1) is 12.3 Å². The van der Waals surface area contributed by atoms with E-state index in [1.165, 1.54) is 38.5 Å². The van der Waals surface area contributed by atoms with Crippen molar-refractivity contribution in [1.29, 1.82) is 0 Å². The molecule has 0 aliphatic heterocycles. The summed E-state index contributed by atoms with van der Waals surface area (Å²) in [5.74, 6) is 0. The van der Waals surface area contributed by atoms with Crippen molar-refractivity contribution in [3.8, 4) is 0 Å². The van der Waals surface area contributed by atoms with Gasteiger partial charge in [0.2, 0.25) is 0 Å². The molecule has 3 rings (SSSR count). The maximum Gasteiger partial charge on any atom is 0.0956 e. The van der Waals surface area contributed by atoms with E-state index >= 15 is 0 Å². The first-order valence-electron chi connectivity index (χ1n) is 7.23. The predicted molar refractivity (Wildman–Crippen MR) is 74.9 cm³/mol. The quantitative estimate of drug-likeness (QED) is 0.881. The van der Waals surface area contributed by atoms with E-state index in [4.69, 9.17) is 0 Å². The molecule has 0 saturated heterocycles. The molecule has 1 spiro atoms. The zero-order valence-corrected chi connectivity index (χ0v) is 12.1. The molecule has 3 heteroatoms. The second kappa shape index (κ2) is 4.61. The molecule has 18 heavy (non-hydrogen) atoms. The minimum Gasteiger partial charge on any atom is -0.389 e. The molecule has 0 amide bonds. The van der Waals surface area contributed by atoms with E-state index < -0.39 is 5.60 Å². The number of nitrogens with zero attached hydrogens (tertiary/aromatic N) is 1. The third-order valence-corrected chi connectivity index (χ3v) is 6.02. The highest BCUT2D eigenvalue weighted by Crippen LogP contribution is 2.51. The van der Waals surface area contributed by atoms with Crippen LogP contribution in [0.2, 0.25) is 0 Å². The molecule has 0 bridgehead atoms. The molecule has 2 nitrogen and oxygen atoms in total. The third kappa shape index (κ3) is 2.48. The Bertz CT molecular complexity index is 410.